The van der Waals surface area contributed by atoms with Gasteiger partial charge in [-0.2, -0.15) is 0 Å². The summed E-state index contributed by atoms with van der Waals surface area (Å²) in [6.07, 6.45) is 6.99. The first-order chi connectivity index (χ1) is 9.56. The van der Waals surface area contributed by atoms with Crippen LogP contribution in [0.5, 0.6) is 0 Å². The van der Waals surface area contributed by atoms with E-state index in [0.717, 1.165) is 38.5 Å². The quantitative estimate of drug-likeness (QED) is 0.638. The van der Waals surface area contributed by atoms with Crippen LogP contribution in [-0.2, 0) is 9.59 Å². The lowest BCUT2D eigenvalue weighted by molar-refractivity contribution is -0.153. The Morgan fingerprint density at radius 3 is 2.10 bits per heavy atom. The lowest BCUT2D eigenvalue weighted by Crippen LogP contribution is -2.65. The molecule has 0 aromatic carbocycles. The molecule has 20 heavy (non-hydrogen) atoms. The SMILES string of the molecule is CCC1(CC)C(=O)NC(=O)N(C2CCCCCC2)C1=O. The van der Waals surface area contributed by atoms with E-state index in [4.69, 9.17) is 0 Å². The Hall–Kier alpha value is -1.39. The number of hydrogen-bond acceptors (Lipinski definition) is 3. The summed E-state index contributed by atoms with van der Waals surface area (Å²) < 4.78 is 0. The van der Waals surface area contributed by atoms with Crippen molar-refractivity contribution in [3.63, 3.8) is 0 Å². The van der Waals surface area contributed by atoms with Crippen molar-refractivity contribution in [2.45, 2.75) is 71.3 Å². The Bertz CT molecular complexity index is 407. The maximum atomic E-state index is 12.8. The summed E-state index contributed by atoms with van der Waals surface area (Å²) in [5.41, 5.74) is -1.06. The van der Waals surface area contributed by atoms with E-state index in [0.29, 0.717) is 12.8 Å². The molecule has 5 heteroatoms. The van der Waals surface area contributed by atoms with E-state index >= 15 is 0 Å². The van der Waals surface area contributed by atoms with Gasteiger partial charge in [0.15, 0.2) is 0 Å². The summed E-state index contributed by atoms with van der Waals surface area (Å²) in [6, 6.07) is -0.569. The highest BCUT2D eigenvalue weighted by Crippen LogP contribution is 2.35. The number of barbiturate groups is 1. The molecule has 2 fully saturated rings. The minimum Gasteiger partial charge on any atom is -0.277 e. The number of amides is 4. The second-order valence-corrected chi connectivity index (χ2v) is 5.87. The molecule has 0 spiro atoms. The monoisotopic (exact) mass is 280 g/mol. The van der Waals surface area contributed by atoms with Gasteiger partial charge in [0.1, 0.15) is 5.41 Å². The molecule has 4 amide bonds. The van der Waals surface area contributed by atoms with Gasteiger partial charge in [-0.1, -0.05) is 39.5 Å². The summed E-state index contributed by atoms with van der Waals surface area (Å²) in [7, 11) is 0. The molecule has 1 saturated carbocycles. The number of nitrogens with one attached hydrogen (secondary N) is 1. The van der Waals surface area contributed by atoms with Crippen LogP contribution in [0.2, 0.25) is 0 Å². The number of nitrogens with zero attached hydrogens (tertiary/aromatic N) is 1. The fourth-order valence-electron chi connectivity index (χ4n) is 3.42. The molecule has 1 aliphatic heterocycles. The maximum Gasteiger partial charge on any atom is 0.331 e. The van der Waals surface area contributed by atoms with E-state index in [1.54, 1.807) is 0 Å². The van der Waals surface area contributed by atoms with Gasteiger partial charge in [-0.15, -0.1) is 0 Å². The molecule has 2 aliphatic rings. The van der Waals surface area contributed by atoms with Crippen LogP contribution in [0, 0.1) is 5.41 Å². The van der Waals surface area contributed by atoms with E-state index in [1.165, 1.54) is 4.90 Å². The van der Waals surface area contributed by atoms with Gasteiger partial charge in [-0.05, 0) is 25.7 Å². The normalized spacial score (nSPS) is 24.5. The van der Waals surface area contributed by atoms with Crippen molar-refractivity contribution in [3.8, 4) is 0 Å². The van der Waals surface area contributed by atoms with Crippen LogP contribution in [0.15, 0.2) is 0 Å². The van der Waals surface area contributed by atoms with Crippen molar-refractivity contribution >= 4 is 17.8 Å². The summed E-state index contributed by atoms with van der Waals surface area (Å²) in [5.74, 6) is -0.717. The Morgan fingerprint density at radius 2 is 1.60 bits per heavy atom. The molecule has 112 valence electrons. The minimum absolute atomic E-state index is 0.0458. The lowest BCUT2D eigenvalue weighted by Gasteiger charge is -2.41. The third-order valence-corrected chi connectivity index (χ3v) is 4.90. The van der Waals surface area contributed by atoms with E-state index < -0.39 is 17.4 Å². The van der Waals surface area contributed by atoms with Gasteiger partial charge in [0.2, 0.25) is 11.8 Å². The first kappa shape index (κ1) is 15.0. The van der Waals surface area contributed by atoms with Gasteiger partial charge in [0.05, 0.1) is 0 Å². The molecule has 1 saturated heterocycles. The minimum atomic E-state index is -1.06. The van der Waals surface area contributed by atoms with Gasteiger partial charge in [0.25, 0.3) is 0 Å². The van der Waals surface area contributed by atoms with Crippen molar-refractivity contribution in [1.29, 1.82) is 0 Å². The van der Waals surface area contributed by atoms with E-state index in [1.807, 2.05) is 13.8 Å². The average molecular weight is 280 g/mol. The fourth-order valence-corrected chi connectivity index (χ4v) is 3.42. The summed E-state index contributed by atoms with van der Waals surface area (Å²) in [4.78, 5) is 38.4. The molecule has 0 aromatic rings. The molecule has 1 heterocycles. The molecule has 2 rings (SSSR count). The highest BCUT2D eigenvalue weighted by molar-refractivity contribution is 6.19. The van der Waals surface area contributed by atoms with Crippen LogP contribution in [0.4, 0.5) is 4.79 Å². The van der Waals surface area contributed by atoms with Crippen molar-refractivity contribution in [2.24, 2.45) is 5.41 Å². The molecular weight excluding hydrogens is 256 g/mol. The predicted octanol–water partition coefficient (Wildman–Crippen LogP) is 2.59. The van der Waals surface area contributed by atoms with Crippen LogP contribution < -0.4 is 5.32 Å². The maximum absolute atomic E-state index is 12.8. The van der Waals surface area contributed by atoms with Crippen molar-refractivity contribution < 1.29 is 14.4 Å². The van der Waals surface area contributed by atoms with Crippen LogP contribution in [-0.4, -0.2) is 28.8 Å². The van der Waals surface area contributed by atoms with Crippen LogP contribution in [0.3, 0.4) is 0 Å². The zero-order chi connectivity index (χ0) is 14.8. The molecule has 1 aliphatic carbocycles. The topological polar surface area (TPSA) is 66.5 Å². The van der Waals surface area contributed by atoms with E-state index in [9.17, 15) is 14.4 Å². The molecule has 0 atom stereocenters. The lowest BCUT2D eigenvalue weighted by atomic mass is 9.78. The molecule has 0 unspecified atom stereocenters. The van der Waals surface area contributed by atoms with Gasteiger partial charge >= 0.3 is 6.03 Å². The standard InChI is InChI=1S/C15H24N2O3/c1-3-15(4-2)12(18)16-14(20)17(13(15)19)11-9-7-5-6-8-10-11/h11H,3-10H2,1-2H3,(H,16,18,20). The zero-order valence-corrected chi connectivity index (χ0v) is 12.4. The molecule has 0 radical (unpaired) electrons. The molecule has 0 bridgehead atoms. The Morgan fingerprint density at radius 1 is 1.05 bits per heavy atom. The van der Waals surface area contributed by atoms with Gasteiger partial charge in [0, 0.05) is 6.04 Å². The first-order valence-corrected chi connectivity index (χ1v) is 7.76. The van der Waals surface area contributed by atoms with Crippen molar-refractivity contribution in [3.05, 3.63) is 0 Å². The highest BCUT2D eigenvalue weighted by Gasteiger charge is 2.52. The van der Waals surface area contributed by atoms with Gasteiger partial charge in [-0.3, -0.25) is 19.8 Å². The summed E-state index contributed by atoms with van der Waals surface area (Å²) in [5, 5.41) is 2.40. The number of rotatable bonds is 3. The van der Waals surface area contributed by atoms with Crippen molar-refractivity contribution in [2.75, 3.05) is 0 Å². The number of carbonyl (C=O) groups excluding carboxylic acids is 3. The van der Waals surface area contributed by atoms with Gasteiger partial charge in [-0.25, -0.2) is 4.79 Å². The number of carbonyl (C=O) groups is 3. The van der Waals surface area contributed by atoms with Crippen LogP contribution >= 0.6 is 0 Å². The van der Waals surface area contributed by atoms with Gasteiger partial charge < -0.3 is 0 Å². The molecule has 5 nitrogen and oxygen atoms in total. The Labute approximate surface area is 120 Å². The number of imide groups is 2. The highest BCUT2D eigenvalue weighted by atomic mass is 16.2. The second kappa shape index (κ2) is 5.94. The average Bonchev–Trinajstić information content (AvgIpc) is 2.69. The first-order valence-electron chi connectivity index (χ1n) is 7.76. The largest absolute Gasteiger partial charge is 0.331 e. The molecular formula is C15H24N2O3. The summed E-state index contributed by atoms with van der Waals surface area (Å²) in [6.45, 7) is 3.67. The van der Waals surface area contributed by atoms with E-state index in [-0.39, 0.29) is 11.9 Å². The smallest absolute Gasteiger partial charge is 0.277 e. The van der Waals surface area contributed by atoms with Crippen LogP contribution in [0.1, 0.15) is 65.2 Å². The Balaban J connectivity index is 2.29. The van der Waals surface area contributed by atoms with E-state index in [2.05, 4.69) is 5.32 Å². The number of hydrogen-bond donors (Lipinski definition) is 1. The third kappa shape index (κ3) is 2.34. The molecule has 0 aromatic heterocycles. The number of urea groups is 1. The van der Waals surface area contributed by atoms with Crippen molar-refractivity contribution in [1.82, 2.24) is 10.2 Å². The summed E-state index contributed by atoms with van der Waals surface area (Å²) >= 11 is 0. The third-order valence-electron chi connectivity index (χ3n) is 4.90. The zero-order valence-electron chi connectivity index (χ0n) is 12.4. The fraction of sp³-hybridized carbons (Fsp3) is 0.800. The second-order valence-electron chi connectivity index (χ2n) is 5.87. The molecule has 1 N–H and O–H groups in total. The van der Waals surface area contributed by atoms with Crippen LogP contribution in [0.25, 0.3) is 0 Å². The predicted molar refractivity (Wildman–Crippen MR) is 74.9 cm³/mol. The Kier molecular flexibility index (Phi) is 4.45.